The van der Waals surface area contributed by atoms with Crippen molar-refractivity contribution in [1.82, 2.24) is 4.72 Å². The normalized spacial score (nSPS) is 14.0. The molecule has 0 aliphatic heterocycles. The molecule has 1 aromatic carbocycles. The number of sulfonamides is 1. The fourth-order valence-corrected chi connectivity index (χ4v) is 2.38. The van der Waals surface area contributed by atoms with Gasteiger partial charge in [-0.05, 0) is 38.3 Å². The molecule has 0 aromatic heterocycles. The lowest BCUT2D eigenvalue weighted by atomic mass is 10.0. The molecule has 1 rings (SSSR count). The second-order valence-electron chi connectivity index (χ2n) is 5.71. The van der Waals surface area contributed by atoms with Gasteiger partial charge < -0.3 is 5.11 Å². The van der Waals surface area contributed by atoms with Crippen LogP contribution in [0.3, 0.4) is 0 Å². The number of aliphatic hydroxyl groups excluding tert-OH is 1. The van der Waals surface area contributed by atoms with Gasteiger partial charge in [-0.3, -0.25) is 0 Å². The molecule has 4 nitrogen and oxygen atoms in total. The zero-order valence-electron chi connectivity index (χ0n) is 12.3. The zero-order valence-corrected chi connectivity index (χ0v) is 13.1. The van der Waals surface area contributed by atoms with Crippen LogP contribution in [-0.2, 0) is 10.0 Å². The van der Waals surface area contributed by atoms with Gasteiger partial charge in [-0.15, -0.1) is 0 Å². The Morgan fingerprint density at radius 3 is 2.35 bits per heavy atom. The van der Waals surface area contributed by atoms with E-state index < -0.39 is 20.9 Å². The monoisotopic (exact) mass is 297 g/mol. The summed E-state index contributed by atoms with van der Waals surface area (Å²) < 4.78 is 25.4. The first-order chi connectivity index (χ1) is 9.15. The van der Waals surface area contributed by atoms with Gasteiger partial charge in [0.2, 0.25) is 10.0 Å². The van der Waals surface area contributed by atoms with E-state index in [4.69, 9.17) is 0 Å². The van der Waals surface area contributed by atoms with Gasteiger partial charge in [0.15, 0.2) is 0 Å². The van der Waals surface area contributed by atoms with E-state index in [0.717, 1.165) is 5.56 Å². The highest BCUT2D eigenvalue weighted by atomic mass is 32.2. The number of hydrogen-bond acceptors (Lipinski definition) is 3. The summed E-state index contributed by atoms with van der Waals surface area (Å²) in [5.41, 5.74) is 1.46. The predicted octanol–water partition coefficient (Wildman–Crippen LogP) is 2.17. The average molecular weight is 297 g/mol. The lowest BCUT2D eigenvalue weighted by molar-refractivity contribution is 0.223. The smallest absolute Gasteiger partial charge is 0.216 e. The van der Waals surface area contributed by atoms with Crippen LogP contribution in [0, 0.1) is 0 Å². The van der Waals surface area contributed by atoms with Gasteiger partial charge in [0, 0.05) is 6.54 Å². The van der Waals surface area contributed by atoms with E-state index in [1.807, 2.05) is 30.3 Å². The zero-order chi connectivity index (χ0) is 15.4. The molecule has 0 aliphatic carbocycles. The van der Waals surface area contributed by atoms with Crippen molar-refractivity contribution in [3.05, 3.63) is 42.5 Å². The minimum Gasteiger partial charge on any atom is -0.388 e. The van der Waals surface area contributed by atoms with Crippen molar-refractivity contribution < 1.29 is 13.5 Å². The number of aliphatic hydroxyl groups is 1. The standard InChI is InChI=1S/C15H23NO3S/c1-12(13-8-6-5-7-9-13)14(17)10-11-16-20(18,19)15(2,3)4/h5-9,14,16-17H,1,10-11H2,2-4H3. The first kappa shape index (κ1) is 16.9. The molecular formula is C15H23NO3S. The fraction of sp³-hybridized carbons (Fsp3) is 0.467. The Kier molecular flexibility index (Phi) is 5.50. The fourth-order valence-electron chi connectivity index (χ4n) is 1.57. The molecule has 1 aromatic rings. The SMILES string of the molecule is C=C(c1ccccc1)C(O)CCNS(=O)(=O)C(C)(C)C. The first-order valence-corrected chi connectivity index (χ1v) is 8.05. The molecule has 0 radical (unpaired) electrons. The lowest BCUT2D eigenvalue weighted by Gasteiger charge is -2.21. The largest absolute Gasteiger partial charge is 0.388 e. The topological polar surface area (TPSA) is 66.4 Å². The van der Waals surface area contributed by atoms with Crippen molar-refractivity contribution in [2.75, 3.05) is 6.54 Å². The number of benzene rings is 1. The van der Waals surface area contributed by atoms with E-state index in [-0.39, 0.29) is 6.54 Å². The average Bonchev–Trinajstić information content (AvgIpc) is 2.37. The van der Waals surface area contributed by atoms with Crippen LogP contribution in [0.4, 0.5) is 0 Å². The van der Waals surface area contributed by atoms with E-state index >= 15 is 0 Å². The van der Waals surface area contributed by atoms with Gasteiger partial charge in [-0.1, -0.05) is 36.9 Å². The molecule has 0 fully saturated rings. The minimum atomic E-state index is -3.37. The summed E-state index contributed by atoms with van der Waals surface area (Å²) in [5, 5.41) is 10.0. The Hall–Kier alpha value is -1.17. The van der Waals surface area contributed by atoms with Gasteiger partial charge in [-0.2, -0.15) is 0 Å². The highest BCUT2D eigenvalue weighted by Gasteiger charge is 2.28. The number of hydrogen-bond donors (Lipinski definition) is 2. The van der Waals surface area contributed by atoms with Crippen molar-refractivity contribution in [3.63, 3.8) is 0 Å². The maximum absolute atomic E-state index is 11.9. The molecule has 1 atom stereocenters. The quantitative estimate of drug-likeness (QED) is 0.845. The molecule has 5 heteroatoms. The second kappa shape index (κ2) is 6.52. The maximum atomic E-state index is 11.9. The van der Waals surface area contributed by atoms with Crippen LogP contribution < -0.4 is 4.72 Å². The molecule has 0 saturated carbocycles. The number of nitrogens with one attached hydrogen (secondary N) is 1. The summed E-state index contributed by atoms with van der Waals surface area (Å²) in [4.78, 5) is 0. The highest BCUT2D eigenvalue weighted by Crippen LogP contribution is 2.18. The van der Waals surface area contributed by atoms with Gasteiger partial charge >= 0.3 is 0 Å². The van der Waals surface area contributed by atoms with Gasteiger partial charge in [-0.25, -0.2) is 13.1 Å². The minimum absolute atomic E-state index is 0.187. The number of rotatable bonds is 6. The molecule has 0 amide bonds. The third-order valence-corrected chi connectivity index (χ3v) is 5.26. The molecule has 0 bridgehead atoms. The maximum Gasteiger partial charge on any atom is 0.216 e. The third kappa shape index (κ3) is 4.44. The van der Waals surface area contributed by atoms with Crippen LogP contribution in [0.15, 0.2) is 36.9 Å². The Labute approximate surface area is 121 Å². The molecule has 0 aliphatic rings. The molecule has 1 unspecified atom stereocenters. The summed E-state index contributed by atoms with van der Waals surface area (Å²) in [5.74, 6) is 0. The van der Waals surface area contributed by atoms with Crippen LogP contribution in [-0.4, -0.2) is 30.9 Å². The van der Waals surface area contributed by atoms with Crippen molar-refractivity contribution in [2.45, 2.75) is 38.0 Å². The summed E-state index contributed by atoms with van der Waals surface area (Å²) in [6.45, 7) is 8.95. The Bertz CT molecular complexity index is 544. The lowest BCUT2D eigenvalue weighted by Crippen LogP contribution is -2.40. The Morgan fingerprint density at radius 1 is 1.30 bits per heavy atom. The molecule has 112 valence electrons. The third-order valence-electron chi connectivity index (χ3n) is 3.06. The van der Waals surface area contributed by atoms with E-state index in [1.54, 1.807) is 20.8 Å². The molecule has 20 heavy (non-hydrogen) atoms. The Morgan fingerprint density at radius 2 is 1.85 bits per heavy atom. The van der Waals surface area contributed by atoms with Crippen LogP contribution in [0.1, 0.15) is 32.8 Å². The van der Waals surface area contributed by atoms with E-state index in [2.05, 4.69) is 11.3 Å². The van der Waals surface area contributed by atoms with Crippen molar-refractivity contribution in [2.24, 2.45) is 0 Å². The van der Waals surface area contributed by atoms with E-state index in [1.165, 1.54) is 0 Å². The van der Waals surface area contributed by atoms with Crippen LogP contribution >= 0.6 is 0 Å². The Balaban J connectivity index is 2.53. The summed E-state index contributed by atoms with van der Waals surface area (Å²) in [6, 6.07) is 9.36. The van der Waals surface area contributed by atoms with E-state index in [9.17, 15) is 13.5 Å². The summed E-state index contributed by atoms with van der Waals surface area (Å²) in [6.07, 6.45) is -0.469. The van der Waals surface area contributed by atoms with E-state index in [0.29, 0.717) is 12.0 Å². The van der Waals surface area contributed by atoms with Crippen LogP contribution in [0.25, 0.3) is 5.57 Å². The summed E-state index contributed by atoms with van der Waals surface area (Å²) >= 11 is 0. The first-order valence-electron chi connectivity index (χ1n) is 6.56. The molecule has 0 spiro atoms. The predicted molar refractivity (Wildman–Crippen MR) is 82.8 cm³/mol. The van der Waals surface area contributed by atoms with Gasteiger partial charge in [0.05, 0.1) is 10.9 Å². The van der Waals surface area contributed by atoms with Crippen LogP contribution in [0.5, 0.6) is 0 Å². The van der Waals surface area contributed by atoms with Crippen LogP contribution in [0.2, 0.25) is 0 Å². The van der Waals surface area contributed by atoms with Crippen molar-refractivity contribution in [3.8, 4) is 0 Å². The van der Waals surface area contributed by atoms with Crippen molar-refractivity contribution >= 4 is 15.6 Å². The second-order valence-corrected chi connectivity index (χ2v) is 8.23. The molecule has 2 N–H and O–H groups in total. The molecule has 0 heterocycles. The van der Waals surface area contributed by atoms with Crippen molar-refractivity contribution in [1.29, 1.82) is 0 Å². The molecule has 0 saturated heterocycles. The van der Waals surface area contributed by atoms with Gasteiger partial charge in [0.1, 0.15) is 0 Å². The van der Waals surface area contributed by atoms with Gasteiger partial charge in [0.25, 0.3) is 0 Å². The molecular weight excluding hydrogens is 274 g/mol. The highest BCUT2D eigenvalue weighted by molar-refractivity contribution is 7.90. The summed E-state index contributed by atoms with van der Waals surface area (Å²) in [7, 11) is -3.37.